The highest BCUT2D eigenvalue weighted by Gasteiger charge is 2.47. The second-order valence-corrected chi connectivity index (χ2v) is 9.75. The Morgan fingerprint density at radius 1 is 1.32 bits per heavy atom. The number of carbonyl (C=O) groups is 1. The average molecular weight is 364 g/mol. The van der Waals surface area contributed by atoms with Gasteiger partial charge in [-0.3, -0.25) is 0 Å². The van der Waals surface area contributed by atoms with Crippen molar-refractivity contribution in [3.8, 4) is 0 Å². The highest BCUT2D eigenvalue weighted by Crippen LogP contribution is 2.51. The summed E-state index contributed by atoms with van der Waals surface area (Å²) in [5.41, 5.74) is 0.658. The number of amides is 1. The molecule has 4 nitrogen and oxygen atoms in total. The van der Waals surface area contributed by atoms with Gasteiger partial charge < -0.3 is 15.2 Å². The summed E-state index contributed by atoms with van der Waals surface area (Å²) in [6, 6.07) is 8.54. The van der Waals surface area contributed by atoms with E-state index >= 15 is 0 Å². The van der Waals surface area contributed by atoms with Crippen LogP contribution in [0.4, 0.5) is 4.79 Å². The van der Waals surface area contributed by atoms with Gasteiger partial charge in [-0.05, 0) is 64.0 Å². The molecule has 1 aliphatic carbocycles. The zero-order valence-electron chi connectivity index (χ0n) is 15.4. The van der Waals surface area contributed by atoms with Crippen molar-refractivity contribution in [3.63, 3.8) is 0 Å². The fraction of sp³-hybridized carbons (Fsp3) is 0.650. The molecule has 138 valence electrons. The lowest BCUT2D eigenvalue weighted by Gasteiger charge is -2.35. The van der Waals surface area contributed by atoms with E-state index in [0.29, 0.717) is 17.7 Å². The van der Waals surface area contributed by atoms with E-state index in [4.69, 9.17) is 4.74 Å². The number of ether oxygens (including phenoxy) is 1. The van der Waals surface area contributed by atoms with Crippen molar-refractivity contribution in [2.75, 3.05) is 13.2 Å². The topological polar surface area (TPSA) is 58.6 Å². The van der Waals surface area contributed by atoms with Crippen LogP contribution in [-0.4, -0.2) is 35.2 Å². The Labute approximate surface area is 154 Å². The van der Waals surface area contributed by atoms with Crippen LogP contribution in [0.3, 0.4) is 0 Å². The molecule has 2 atom stereocenters. The van der Waals surface area contributed by atoms with Crippen molar-refractivity contribution in [2.45, 2.75) is 62.2 Å². The van der Waals surface area contributed by atoms with E-state index in [2.05, 4.69) is 29.6 Å². The molecule has 25 heavy (non-hydrogen) atoms. The highest BCUT2D eigenvalue weighted by atomic mass is 32.2. The summed E-state index contributed by atoms with van der Waals surface area (Å²) in [6.07, 6.45) is 3.85. The molecule has 0 bridgehead atoms. The third-order valence-electron chi connectivity index (χ3n) is 5.09. The number of fused-ring (bicyclic) bond motifs is 1. The molecule has 0 saturated heterocycles. The van der Waals surface area contributed by atoms with Crippen molar-refractivity contribution in [1.29, 1.82) is 0 Å². The first kappa shape index (κ1) is 18.6. The van der Waals surface area contributed by atoms with Gasteiger partial charge in [-0.25, -0.2) is 4.79 Å². The van der Waals surface area contributed by atoms with Crippen LogP contribution in [0, 0.1) is 11.3 Å². The summed E-state index contributed by atoms with van der Waals surface area (Å²) in [7, 11) is 0. The fourth-order valence-electron chi connectivity index (χ4n) is 3.71. The molecule has 1 heterocycles. The minimum Gasteiger partial charge on any atom is -0.444 e. The van der Waals surface area contributed by atoms with Gasteiger partial charge in [0, 0.05) is 22.1 Å². The number of alkyl carbamates (subject to hydrolysis) is 1. The third kappa shape index (κ3) is 4.70. The molecule has 2 aliphatic rings. The molecule has 1 amide bonds. The van der Waals surface area contributed by atoms with E-state index < -0.39 is 11.7 Å². The molecule has 2 N–H and O–H groups in total. The lowest BCUT2D eigenvalue weighted by Crippen LogP contribution is -2.45. The minimum absolute atomic E-state index is 0.112. The van der Waals surface area contributed by atoms with Gasteiger partial charge in [-0.15, -0.1) is 11.8 Å². The second kappa shape index (κ2) is 7.20. The van der Waals surface area contributed by atoms with Gasteiger partial charge >= 0.3 is 6.09 Å². The van der Waals surface area contributed by atoms with E-state index in [9.17, 15) is 9.90 Å². The molecule has 0 spiro atoms. The van der Waals surface area contributed by atoms with Gasteiger partial charge in [0.1, 0.15) is 5.60 Å². The van der Waals surface area contributed by atoms with Crippen molar-refractivity contribution in [2.24, 2.45) is 11.3 Å². The average Bonchev–Trinajstić information content (AvgIpc) is 3.30. The number of carbonyl (C=O) groups excluding carboxylic acids is 1. The lowest BCUT2D eigenvalue weighted by molar-refractivity contribution is 0.0425. The molecular formula is C20H29NO3S. The first-order chi connectivity index (χ1) is 11.8. The number of thioether (sulfide) groups is 1. The van der Waals surface area contributed by atoms with Crippen LogP contribution >= 0.6 is 11.8 Å². The number of hydrogen-bond donors (Lipinski definition) is 2. The number of benzene rings is 1. The summed E-state index contributed by atoms with van der Waals surface area (Å²) in [5, 5.41) is 13.6. The van der Waals surface area contributed by atoms with Crippen molar-refractivity contribution in [1.82, 2.24) is 5.32 Å². The van der Waals surface area contributed by atoms with Crippen LogP contribution in [0.25, 0.3) is 0 Å². The summed E-state index contributed by atoms with van der Waals surface area (Å²) < 4.78 is 5.36. The Kier molecular flexibility index (Phi) is 5.35. The molecular weight excluding hydrogens is 334 g/mol. The van der Waals surface area contributed by atoms with Crippen LogP contribution in [-0.2, 0) is 11.2 Å². The summed E-state index contributed by atoms with van der Waals surface area (Å²) in [6.45, 7) is 6.18. The summed E-state index contributed by atoms with van der Waals surface area (Å²) in [4.78, 5) is 13.4. The maximum Gasteiger partial charge on any atom is 0.407 e. The maximum absolute atomic E-state index is 12.1. The fourth-order valence-corrected chi connectivity index (χ4v) is 5.21. The number of nitrogens with one attached hydrogen (secondary N) is 1. The monoisotopic (exact) mass is 363 g/mol. The van der Waals surface area contributed by atoms with Gasteiger partial charge in [-0.2, -0.15) is 0 Å². The Balaban J connectivity index is 1.63. The first-order valence-electron chi connectivity index (χ1n) is 9.14. The standard InChI is InChI=1S/C20H29NO3S/c1-19(2,3)24-18(23)21-12-20(13-22,15-8-9-15)11-16-10-14-6-4-5-7-17(14)25-16/h4-7,15-16,22H,8-13H2,1-3H3,(H,21,23). The Hall–Kier alpha value is -1.20. The number of hydrogen-bond acceptors (Lipinski definition) is 4. The van der Waals surface area contributed by atoms with Gasteiger partial charge in [0.25, 0.3) is 0 Å². The zero-order chi connectivity index (χ0) is 18.1. The molecule has 3 rings (SSSR count). The first-order valence-corrected chi connectivity index (χ1v) is 10.0. The van der Waals surface area contributed by atoms with Crippen LogP contribution in [0.2, 0.25) is 0 Å². The summed E-state index contributed by atoms with van der Waals surface area (Å²) >= 11 is 1.91. The third-order valence-corrected chi connectivity index (χ3v) is 6.41. The van der Waals surface area contributed by atoms with Crippen LogP contribution in [0.1, 0.15) is 45.6 Å². The summed E-state index contributed by atoms with van der Waals surface area (Å²) in [5.74, 6) is 0.497. The zero-order valence-corrected chi connectivity index (χ0v) is 16.2. The van der Waals surface area contributed by atoms with E-state index in [1.54, 1.807) is 0 Å². The normalized spacial score (nSPS) is 22.2. The number of rotatable bonds is 6. The quantitative estimate of drug-likeness (QED) is 0.802. The van der Waals surface area contributed by atoms with E-state index in [1.807, 2.05) is 32.5 Å². The van der Waals surface area contributed by atoms with E-state index in [0.717, 1.165) is 25.7 Å². The molecule has 1 aromatic carbocycles. The van der Waals surface area contributed by atoms with E-state index in [-0.39, 0.29) is 12.0 Å². The highest BCUT2D eigenvalue weighted by molar-refractivity contribution is 8.00. The minimum atomic E-state index is -0.505. The predicted molar refractivity (Wildman–Crippen MR) is 101 cm³/mol. The van der Waals surface area contributed by atoms with Gasteiger partial charge in [0.15, 0.2) is 0 Å². The Bertz CT molecular complexity index is 599. The van der Waals surface area contributed by atoms with Crippen molar-refractivity contribution >= 4 is 17.9 Å². The molecule has 1 aliphatic heterocycles. The molecule has 5 heteroatoms. The van der Waals surface area contributed by atoms with Crippen LogP contribution < -0.4 is 5.32 Å². The Morgan fingerprint density at radius 3 is 2.64 bits per heavy atom. The number of aliphatic hydroxyl groups is 1. The lowest BCUT2D eigenvalue weighted by atomic mass is 9.78. The molecule has 0 aromatic heterocycles. The largest absolute Gasteiger partial charge is 0.444 e. The second-order valence-electron chi connectivity index (χ2n) is 8.41. The molecule has 0 radical (unpaired) electrons. The molecule has 1 saturated carbocycles. The molecule has 1 fully saturated rings. The van der Waals surface area contributed by atoms with Crippen LogP contribution in [0.5, 0.6) is 0 Å². The maximum atomic E-state index is 12.1. The Morgan fingerprint density at radius 2 is 2.04 bits per heavy atom. The predicted octanol–water partition coefficient (Wildman–Crippen LogP) is 4.01. The van der Waals surface area contributed by atoms with Gasteiger partial charge in [-0.1, -0.05) is 18.2 Å². The van der Waals surface area contributed by atoms with Crippen molar-refractivity contribution < 1.29 is 14.6 Å². The van der Waals surface area contributed by atoms with E-state index in [1.165, 1.54) is 10.5 Å². The van der Waals surface area contributed by atoms with Gasteiger partial charge in [0.05, 0.1) is 6.61 Å². The van der Waals surface area contributed by atoms with Crippen LogP contribution in [0.15, 0.2) is 29.2 Å². The molecule has 2 unspecified atom stereocenters. The number of aliphatic hydroxyl groups excluding tert-OH is 1. The van der Waals surface area contributed by atoms with Crippen molar-refractivity contribution in [3.05, 3.63) is 29.8 Å². The molecule has 1 aromatic rings. The SMILES string of the molecule is CC(C)(C)OC(=O)NCC(CO)(CC1Cc2ccccc2S1)C1CC1. The van der Waals surface area contributed by atoms with Gasteiger partial charge in [0.2, 0.25) is 0 Å². The smallest absolute Gasteiger partial charge is 0.407 e.